The zero-order valence-corrected chi connectivity index (χ0v) is 15.3. The lowest BCUT2D eigenvalue weighted by molar-refractivity contribution is 0.0697. The van der Waals surface area contributed by atoms with Crippen LogP contribution in [0.3, 0.4) is 0 Å². The van der Waals surface area contributed by atoms with Crippen LogP contribution in [0.25, 0.3) is 0 Å². The zero-order chi connectivity index (χ0) is 19.6. The molecule has 3 nitrogen and oxygen atoms in total. The van der Waals surface area contributed by atoms with Crippen molar-refractivity contribution in [1.29, 1.82) is 0 Å². The molecule has 0 fully saturated rings. The summed E-state index contributed by atoms with van der Waals surface area (Å²) in [6.07, 6.45) is 0. The third-order valence-corrected chi connectivity index (χ3v) is 4.06. The van der Waals surface area contributed by atoms with E-state index in [2.05, 4.69) is 77.7 Å². The van der Waals surface area contributed by atoms with Gasteiger partial charge in [0, 0.05) is 17.1 Å². The topological polar surface area (TPSA) is 40.5 Å². The molecular weight excluding hydrogens is 346 g/mol. The van der Waals surface area contributed by atoms with Gasteiger partial charge in [-0.3, -0.25) is 0 Å². The van der Waals surface area contributed by atoms with E-state index in [1.807, 2.05) is 18.2 Å². The Morgan fingerprint density at radius 2 is 0.786 bits per heavy atom. The molecule has 0 atom stereocenters. The highest BCUT2D eigenvalue weighted by Gasteiger charge is 2.10. The van der Waals surface area contributed by atoms with E-state index in [1.54, 1.807) is 30.3 Å². The van der Waals surface area contributed by atoms with Gasteiger partial charge in [-0.1, -0.05) is 72.8 Å². The number of nitrogens with zero attached hydrogens (tertiary/aromatic N) is 1. The number of carboxylic acid groups (broad SMARTS) is 1. The predicted molar refractivity (Wildman–Crippen MR) is 115 cm³/mol. The molecule has 0 amide bonds. The van der Waals surface area contributed by atoms with Crippen LogP contribution in [-0.2, 0) is 0 Å². The molecule has 0 aromatic heterocycles. The maximum Gasteiger partial charge on any atom is 0.335 e. The summed E-state index contributed by atoms with van der Waals surface area (Å²) < 4.78 is 0. The fourth-order valence-electron chi connectivity index (χ4n) is 2.76. The van der Waals surface area contributed by atoms with Gasteiger partial charge in [-0.2, -0.15) is 0 Å². The molecule has 4 aromatic carbocycles. The number of para-hydroxylation sites is 3. The van der Waals surface area contributed by atoms with Crippen molar-refractivity contribution >= 4 is 23.0 Å². The number of carbonyl (C=O) groups is 1. The van der Waals surface area contributed by atoms with Gasteiger partial charge in [-0.15, -0.1) is 0 Å². The minimum atomic E-state index is -0.879. The summed E-state index contributed by atoms with van der Waals surface area (Å²) in [6, 6.07) is 39.5. The number of hydrogen-bond acceptors (Lipinski definition) is 2. The predicted octanol–water partition coefficient (Wildman–Crippen LogP) is 6.54. The first-order chi connectivity index (χ1) is 13.8. The maximum atomic E-state index is 10.2. The zero-order valence-electron chi connectivity index (χ0n) is 15.3. The number of carboxylic acids is 1. The molecule has 28 heavy (non-hydrogen) atoms. The van der Waals surface area contributed by atoms with Gasteiger partial charge in [0.2, 0.25) is 0 Å². The van der Waals surface area contributed by atoms with Crippen molar-refractivity contribution in [3.8, 4) is 0 Å². The average Bonchev–Trinajstić information content (AvgIpc) is 2.77. The Balaban J connectivity index is 0.000000211. The van der Waals surface area contributed by atoms with Crippen LogP contribution >= 0.6 is 0 Å². The largest absolute Gasteiger partial charge is 0.478 e. The molecule has 138 valence electrons. The lowest BCUT2D eigenvalue weighted by atomic mass is 10.2. The third-order valence-electron chi connectivity index (χ3n) is 4.06. The highest BCUT2D eigenvalue weighted by molar-refractivity contribution is 5.87. The van der Waals surface area contributed by atoms with Crippen molar-refractivity contribution in [3.05, 3.63) is 127 Å². The minimum Gasteiger partial charge on any atom is -0.478 e. The maximum absolute atomic E-state index is 10.2. The van der Waals surface area contributed by atoms with Crippen LogP contribution < -0.4 is 4.90 Å². The Morgan fingerprint density at radius 3 is 1.04 bits per heavy atom. The van der Waals surface area contributed by atoms with Crippen LogP contribution in [0.1, 0.15) is 10.4 Å². The molecule has 0 saturated carbocycles. The lowest BCUT2D eigenvalue weighted by Gasteiger charge is -2.25. The number of rotatable bonds is 4. The smallest absolute Gasteiger partial charge is 0.335 e. The molecule has 0 bridgehead atoms. The number of aromatic carboxylic acids is 1. The number of benzene rings is 4. The Morgan fingerprint density at radius 1 is 0.500 bits per heavy atom. The van der Waals surface area contributed by atoms with E-state index in [0.717, 1.165) is 0 Å². The van der Waals surface area contributed by atoms with Gasteiger partial charge in [0.05, 0.1) is 5.56 Å². The second kappa shape index (κ2) is 9.74. The van der Waals surface area contributed by atoms with Gasteiger partial charge in [-0.05, 0) is 48.5 Å². The molecule has 4 aromatic rings. The molecule has 3 heteroatoms. The van der Waals surface area contributed by atoms with Crippen LogP contribution in [0.15, 0.2) is 121 Å². The van der Waals surface area contributed by atoms with Crippen LogP contribution in [0.5, 0.6) is 0 Å². The molecular formula is C25H21NO2. The highest BCUT2D eigenvalue weighted by Crippen LogP contribution is 2.33. The molecule has 0 unspecified atom stereocenters. The normalized spacial score (nSPS) is 9.71. The second-order valence-corrected chi connectivity index (χ2v) is 6.01. The minimum absolute atomic E-state index is 0.331. The Labute approximate surface area is 165 Å². The first kappa shape index (κ1) is 18.9. The summed E-state index contributed by atoms with van der Waals surface area (Å²) in [5, 5.41) is 8.38. The van der Waals surface area contributed by atoms with Crippen molar-refractivity contribution in [3.63, 3.8) is 0 Å². The molecule has 1 N–H and O–H groups in total. The standard InChI is InChI=1S/C18H15N.C7H6O2/c1-4-10-16(11-5-1)19(17-12-6-2-7-13-17)18-14-8-3-9-15-18;8-7(9)6-4-2-1-3-5-6/h1-15H;1-5H,(H,8,9). The van der Waals surface area contributed by atoms with Gasteiger partial charge in [0.25, 0.3) is 0 Å². The van der Waals surface area contributed by atoms with E-state index < -0.39 is 5.97 Å². The van der Waals surface area contributed by atoms with E-state index in [9.17, 15) is 4.79 Å². The molecule has 0 spiro atoms. The van der Waals surface area contributed by atoms with E-state index in [4.69, 9.17) is 5.11 Å². The summed E-state index contributed by atoms with van der Waals surface area (Å²) in [5.74, 6) is -0.879. The van der Waals surface area contributed by atoms with Gasteiger partial charge < -0.3 is 10.0 Å². The first-order valence-electron chi connectivity index (χ1n) is 8.99. The summed E-state index contributed by atoms with van der Waals surface area (Å²) in [6.45, 7) is 0. The van der Waals surface area contributed by atoms with Gasteiger partial charge >= 0.3 is 5.97 Å². The summed E-state index contributed by atoms with van der Waals surface area (Å²) >= 11 is 0. The van der Waals surface area contributed by atoms with Crippen molar-refractivity contribution in [2.45, 2.75) is 0 Å². The van der Waals surface area contributed by atoms with Crippen molar-refractivity contribution < 1.29 is 9.90 Å². The van der Waals surface area contributed by atoms with E-state index in [-0.39, 0.29) is 0 Å². The fraction of sp³-hybridized carbons (Fsp3) is 0. The molecule has 0 aliphatic heterocycles. The van der Waals surface area contributed by atoms with Crippen molar-refractivity contribution in [2.75, 3.05) is 4.90 Å². The monoisotopic (exact) mass is 367 g/mol. The van der Waals surface area contributed by atoms with Crippen LogP contribution in [0, 0.1) is 0 Å². The van der Waals surface area contributed by atoms with E-state index in [1.165, 1.54) is 17.1 Å². The second-order valence-electron chi connectivity index (χ2n) is 6.01. The quantitative estimate of drug-likeness (QED) is 0.445. The van der Waals surface area contributed by atoms with Gasteiger partial charge in [0.1, 0.15) is 0 Å². The summed E-state index contributed by atoms with van der Waals surface area (Å²) in [7, 11) is 0. The molecule has 4 rings (SSSR count). The van der Waals surface area contributed by atoms with Crippen molar-refractivity contribution in [1.82, 2.24) is 0 Å². The summed E-state index contributed by atoms with van der Waals surface area (Å²) in [5.41, 5.74) is 3.83. The Bertz CT molecular complexity index is 878. The number of anilines is 3. The Hall–Kier alpha value is -3.85. The molecule has 0 heterocycles. The third kappa shape index (κ3) is 5.08. The van der Waals surface area contributed by atoms with E-state index in [0.29, 0.717) is 5.56 Å². The lowest BCUT2D eigenvalue weighted by Crippen LogP contribution is -2.09. The van der Waals surface area contributed by atoms with Gasteiger partial charge in [0.15, 0.2) is 0 Å². The average molecular weight is 367 g/mol. The molecule has 0 saturated heterocycles. The first-order valence-corrected chi connectivity index (χ1v) is 8.99. The van der Waals surface area contributed by atoms with Crippen molar-refractivity contribution in [2.24, 2.45) is 0 Å². The fourth-order valence-corrected chi connectivity index (χ4v) is 2.76. The Kier molecular flexibility index (Phi) is 6.58. The molecule has 0 aliphatic carbocycles. The van der Waals surface area contributed by atoms with Gasteiger partial charge in [-0.25, -0.2) is 4.79 Å². The summed E-state index contributed by atoms with van der Waals surface area (Å²) in [4.78, 5) is 12.5. The van der Waals surface area contributed by atoms with Crippen LogP contribution in [0.4, 0.5) is 17.1 Å². The number of hydrogen-bond donors (Lipinski definition) is 1. The van der Waals surface area contributed by atoms with Crippen LogP contribution in [-0.4, -0.2) is 11.1 Å². The van der Waals surface area contributed by atoms with E-state index >= 15 is 0 Å². The molecule has 0 aliphatic rings. The highest BCUT2D eigenvalue weighted by atomic mass is 16.4. The van der Waals surface area contributed by atoms with Crippen LogP contribution in [0.2, 0.25) is 0 Å². The SMILES string of the molecule is O=C(O)c1ccccc1.c1ccc(N(c2ccccc2)c2ccccc2)cc1. The molecule has 0 radical (unpaired) electrons.